The van der Waals surface area contributed by atoms with Crippen LogP contribution >= 0.6 is 0 Å². The maximum atomic E-state index is 12.7. The first-order chi connectivity index (χ1) is 11.7. The van der Waals surface area contributed by atoms with Gasteiger partial charge in [-0.05, 0) is 0 Å². The fraction of sp³-hybridized carbons (Fsp3) is 0.300. The second-order valence-corrected chi connectivity index (χ2v) is 7.83. The van der Waals surface area contributed by atoms with Crippen molar-refractivity contribution < 1.29 is 14.3 Å². The third-order valence-corrected chi connectivity index (χ3v) is 6.03. The average Bonchev–Trinajstić information content (AvgIpc) is 2.63. The number of rotatable bonds is 9. The zero-order valence-electron chi connectivity index (χ0n) is 13.8. The topological polar surface area (TPSA) is 43.4 Å². The summed E-state index contributed by atoms with van der Waals surface area (Å²) in [5, 5.41) is 0. The van der Waals surface area contributed by atoms with Crippen LogP contribution in [0, 0.1) is 5.92 Å². The van der Waals surface area contributed by atoms with E-state index in [0.29, 0.717) is 12.8 Å². The molecule has 1 atom stereocenters. The van der Waals surface area contributed by atoms with E-state index in [4.69, 9.17) is 4.74 Å². The predicted molar refractivity (Wildman–Crippen MR) is 96.3 cm³/mol. The van der Waals surface area contributed by atoms with Gasteiger partial charge in [-0.1, -0.05) is 0 Å². The zero-order chi connectivity index (χ0) is 17.2. The number of hydrogen-bond donors (Lipinski definition) is 0. The molecule has 0 saturated carbocycles. The van der Waals surface area contributed by atoms with Crippen LogP contribution in [0.5, 0.6) is 0 Å². The molecule has 0 aliphatic rings. The standard InChI is InChI=1S/C20H22O3Se/c1-23-19(21)15-14-17(13-12-16-8-4-2-5-9-16)20(22)24-18-10-6-3-7-11-18/h2-11,17H,12-15H2,1H3. The van der Waals surface area contributed by atoms with E-state index in [1.807, 2.05) is 48.5 Å². The van der Waals surface area contributed by atoms with Crippen molar-refractivity contribution in [1.29, 1.82) is 0 Å². The van der Waals surface area contributed by atoms with Crippen molar-refractivity contribution >= 4 is 30.1 Å². The molecule has 3 nitrogen and oxygen atoms in total. The number of benzene rings is 2. The molecule has 2 aromatic rings. The van der Waals surface area contributed by atoms with Crippen LogP contribution in [0.15, 0.2) is 60.7 Å². The molecular formula is C20H22O3Se. The molecular weight excluding hydrogens is 367 g/mol. The van der Waals surface area contributed by atoms with Crippen molar-refractivity contribution in [2.24, 2.45) is 5.92 Å². The molecule has 24 heavy (non-hydrogen) atoms. The molecule has 0 heterocycles. The van der Waals surface area contributed by atoms with Gasteiger partial charge in [-0.2, -0.15) is 0 Å². The van der Waals surface area contributed by atoms with Crippen LogP contribution < -0.4 is 4.46 Å². The van der Waals surface area contributed by atoms with Gasteiger partial charge in [0.25, 0.3) is 0 Å². The predicted octanol–water partition coefficient (Wildman–Crippen LogP) is 2.74. The fourth-order valence-corrected chi connectivity index (χ4v) is 4.39. The summed E-state index contributed by atoms with van der Waals surface area (Å²) in [6.45, 7) is 0. The zero-order valence-corrected chi connectivity index (χ0v) is 15.5. The Labute approximate surface area is 149 Å². The minimum absolute atomic E-state index is 0.0930. The van der Waals surface area contributed by atoms with Crippen LogP contribution in [-0.2, 0) is 20.7 Å². The summed E-state index contributed by atoms with van der Waals surface area (Å²) < 4.78 is 6.06. The van der Waals surface area contributed by atoms with Crippen molar-refractivity contribution in [3.8, 4) is 0 Å². The van der Waals surface area contributed by atoms with E-state index in [0.717, 1.165) is 17.3 Å². The van der Waals surface area contributed by atoms with Gasteiger partial charge in [-0.25, -0.2) is 0 Å². The SMILES string of the molecule is COC(=O)CCC(CCc1ccccc1)C(=O)[Se]c1ccccc1. The third-order valence-electron chi connectivity index (χ3n) is 3.84. The Hall–Kier alpha value is -1.90. The summed E-state index contributed by atoms with van der Waals surface area (Å²) in [6, 6.07) is 20.0. The minimum atomic E-state index is -0.250. The van der Waals surface area contributed by atoms with Gasteiger partial charge in [-0.3, -0.25) is 0 Å². The first-order valence-corrected chi connectivity index (χ1v) is 9.78. The molecule has 0 bridgehead atoms. The van der Waals surface area contributed by atoms with E-state index in [9.17, 15) is 9.59 Å². The maximum absolute atomic E-state index is 12.7. The number of methoxy groups -OCH3 is 1. The molecule has 0 aromatic heterocycles. The number of esters is 1. The normalized spacial score (nSPS) is 11.7. The second-order valence-electron chi connectivity index (χ2n) is 5.57. The van der Waals surface area contributed by atoms with E-state index in [-0.39, 0.29) is 31.5 Å². The molecule has 0 spiro atoms. The van der Waals surface area contributed by atoms with Crippen molar-refractivity contribution in [3.63, 3.8) is 0 Å². The Bertz CT molecular complexity index is 640. The van der Waals surface area contributed by atoms with Gasteiger partial charge in [-0.15, -0.1) is 0 Å². The molecule has 4 heteroatoms. The molecule has 0 saturated heterocycles. The van der Waals surface area contributed by atoms with Crippen LogP contribution in [0.1, 0.15) is 24.8 Å². The van der Waals surface area contributed by atoms with Crippen LogP contribution in [0.2, 0.25) is 0 Å². The van der Waals surface area contributed by atoms with Crippen molar-refractivity contribution in [2.45, 2.75) is 25.7 Å². The van der Waals surface area contributed by atoms with Crippen LogP contribution in [-0.4, -0.2) is 32.7 Å². The number of hydrogen-bond acceptors (Lipinski definition) is 3. The summed E-state index contributed by atoms with van der Waals surface area (Å²) >= 11 is -0.210. The van der Waals surface area contributed by atoms with Crippen molar-refractivity contribution in [3.05, 3.63) is 66.2 Å². The quantitative estimate of drug-likeness (QED) is 0.489. The van der Waals surface area contributed by atoms with Crippen molar-refractivity contribution in [2.75, 3.05) is 7.11 Å². The molecule has 2 aromatic carbocycles. The molecule has 0 fully saturated rings. The molecule has 0 radical (unpaired) electrons. The summed E-state index contributed by atoms with van der Waals surface area (Å²) in [7, 11) is 1.39. The molecule has 2 rings (SSSR count). The Morgan fingerprint density at radius 3 is 2.21 bits per heavy atom. The molecule has 0 amide bonds. The first kappa shape index (κ1) is 18.4. The van der Waals surface area contributed by atoms with Gasteiger partial charge >= 0.3 is 149 Å². The van der Waals surface area contributed by atoms with Crippen LogP contribution in [0.25, 0.3) is 0 Å². The Kier molecular flexibility index (Phi) is 7.73. The van der Waals surface area contributed by atoms with Gasteiger partial charge in [0, 0.05) is 0 Å². The van der Waals surface area contributed by atoms with Crippen molar-refractivity contribution in [1.82, 2.24) is 0 Å². The fourth-order valence-electron chi connectivity index (χ4n) is 2.45. The van der Waals surface area contributed by atoms with Gasteiger partial charge in [0.2, 0.25) is 0 Å². The summed E-state index contributed by atoms with van der Waals surface area (Å²) in [6.07, 6.45) is 2.48. The molecule has 0 N–H and O–H groups in total. The molecule has 0 aliphatic carbocycles. The van der Waals surface area contributed by atoms with Gasteiger partial charge in [0.1, 0.15) is 0 Å². The molecule has 1 unspecified atom stereocenters. The van der Waals surface area contributed by atoms with E-state index in [1.165, 1.54) is 12.7 Å². The van der Waals surface area contributed by atoms with Gasteiger partial charge in [0.15, 0.2) is 0 Å². The van der Waals surface area contributed by atoms with Gasteiger partial charge in [0.05, 0.1) is 0 Å². The van der Waals surface area contributed by atoms with Crippen LogP contribution in [0.4, 0.5) is 0 Å². The number of aryl methyl sites for hydroxylation is 1. The third kappa shape index (κ3) is 6.31. The van der Waals surface area contributed by atoms with Gasteiger partial charge < -0.3 is 0 Å². The van der Waals surface area contributed by atoms with E-state index >= 15 is 0 Å². The van der Waals surface area contributed by atoms with Crippen LogP contribution in [0.3, 0.4) is 0 Å². The number of ether oxygens (including phenoxy) is 1. The van der Waals surface area contributed by atoms with E-state index < -0.39 is 0 Å². The second kappa shape index (κ2) is 10.1. The first-order valence-electron chi connectivity index (χ1n) is 8.06. The summed E-state index contributed by atoms with van der Waals surface area (Å²) in [5.41, 5.74) is 1.22. The molecule has 0 aliphatic heterocycles. The number of carbonyl (C=O) groups excluding carboxylic acids is 2. The Morgan fingerprint density at radius 1 is 0.958 bits per heavy atom. The average molecular weight is 389 g/mol. The Balaban J connectivity index is 1.98. The monoisotopic (exact) mass is 390 g/mol. The summed E-state index contributed by atoms with van der Waals surface area (Å²) in [5.74, 6) is -0.343. The van der Waals surface area contributed by atoms with E-state index in [2.05, 4.69) is 12.1 Å². The molecule has 126 valence electrons. The van der Waals surface area contributed by atoms with E-state index in [1.54, 1.807) is 0 Å². The Morgan fingerprint density at radius 2 is 1.58 bits per heavy atom. The summed E-state index contributed by atoms with van der Waals surface area (Å²) in [4.78, 5) is 24.2. The number of carbonyl (C=O) groups is 2.